The van der Waals surface area contributed by atoms with E-state index >= 15 is 0 Å². The van der Waals surface area contributed by atoms with Gasteiger partial charge in [-0.2, -0.15) is 13.2 Å². The van der Waals surface area contributed by atoms with E-state index in [4.69, 9.17) is 5.11 Å². The third-order valence-corrected chi connectivity index (χ3v) is 4.57. The predicted molar refractivity (Wildman–Crippen MR) is 87.7 cm³/mol. The van der Waals surface area contributed by atoms with Crippen molar-refractivity contribution in [3.8, 4) is 5.75 Å². The molecule has 140 valence electrons. The molecule has 2 aromatic rings. The Hall–Kier alpha value is -2.62. The molecule has 0 aliphatic carbocycles. The number of thiazole rings is 1. The van der Waals surface area contributed by atoms with Crippen LogP contribution in [0.3, 0.4) is 0 Å². The summed E-state index contributed by atoms with van der Waals surface area (Å²) in [6, 6.07) is 4.68. The van der Waals surface area contributed by atoms with Gasteiger partial charge in [-0.05, 0) is 38.1 Å². The minimum Gasteiger partial charge on any atom is -0.484 e. The van der Waals surface area contributed by atoms with Crippen molar-refractivity contribution in [1.29, 1.82) is 0 Å². The Morgan fingerprint density at radius 1 is 1.31 bits per heavy atom. The van der Waals surface area contributed by atoms with Gasteiger partial charge in [0.2, 0.25) is 0 Å². The highest BCUT2D eigenvalue weighted by molar-refractivity contribution is 7.13. The van der Waals surface area contributed by atoms with Gasteiger partial charge < -0.3 is 15.2 Å². The first kappa shape index (κ1) is 19.7. The van der Waals surface area contributed by atoms with Crippen LogP contribution in [-0.4, -0.2) is 34.8 Å². The quantitative estimate of drug-likeness (QED) is 0.790. The molecule has 1 aromatic heterocycles. The number of amides is 1. The lowest BCUT2D eigenvalue weighted by molar-refractivity contribution is -0.153. The lowest BCUT2D eigenvalue weighted by Gasteiger charge is -2.12. The topological polar surface area (TPSA) is 88.5 Å². The summed E-state index contributed by atoms with van der Waals surface area (Å²) in [6.45, 7) is 1.81. The SMILES string of the molecule is Cc1nc(C(C)NC(=O)c2ccc(OCC(F)(F)F)cc2)sc1C(=O)O. The van der Waals surface area contributed by atoms with Crippen LogP contribution in [0.5, 0.6) is 5.75 Å². The monoisotopic (exact) mass is 388 g/mol. The number of aryl methyl sites for hydroxylation is 1. The highest BCUT2D eigenvalue weighted by Crippen LogP contribution is 2.24. The number of carboxylic acids is 1. The fraction of sp³-hybridized carbons (Fsp3) is 0.312. The molecular formula is C16H15F3N2O4S. The maximum Gasteiger partial charge on any atom is 0.422 e. The van der Waals surface area contributed by atoms with Crippen LogP contribution in [0.15, 0.2) is 24.3 Å². The minimum absolute atomic E-state index is 0.00595. The molecule has 6 nitrogen and oxygen atoms in total. The standard InChI is InChI=1S/C16H15F3N2O4S/c1-8-12(15(23)24)26-14(21-8)9(2)20-13(22)10-3-5-11(6-4-10)25-7-16(17,18)19/h3-6,9H,7H2,1-2H3,(H,20,22)(H,23,24). The molecule has 0 aliphatic rings. The number of alkyl halides is 3. The number of nitrogens with zero attached hydrogens (tertiary/aromatic N) is 1. The fourth-order valence-corrected chi connectivity index (χ4v) is 2.92. The van der Waals surface area contributed by atoms with Gasteiger partial charge in [0, 0.05) is 5.56 Å². The second-order valence-corrected chi connectivity index (χ2v) is 6.43. The molecule has 0 fully saturated rings. The van der Waals surface area contributed by atoms with Crippen molar-refractivity contribution in [3.63, 3.8) is 0 Å². The summed E-state index contributed by atoms with van der Waals surface area (Å²) in [6.07, 6.45) is -4.44. The van der Waals surface area contributed by atoms with Crippen molar-refractivity contribution >= 4 is 23.2 Å². The molecule has 10 heteroatoms. The maximum absolute atomic E-state index is 12.2. The normalized spacial score (nSPS) is 12.5. The predicted octanol–water partition coefficient (Wildman–Crippen LogP) is 3.58. The number of halogens is 3. The molecule has 1 aromatic carbocycles. The van der Waals surface area contributed by atoms with E-state index in [9.17, 15) is 22.8 Å². The largest absolute Gasteiger partial charge is 0.484 e. The zero-order chi connectivity index (χ0) is 19.5. The first-order valence-corrected chi connectivity index (χ1v) is 8.19. The fourth-order valence-electron chi connectivity index (χ4n) is 2.01. The number of hydrogen-bond acceptors (Lipinski definition) is 5. The molecule has 1 unspecified atom stereocenters. The summed E-state index contributed by atoms with van der Waals surface area (Å²) in [4.78, 5) is 27.5. The molecule has 1 amide bonds. The number of carbonyl (C=O) groups is 2. The molecule has 1 heterocycles. The van der Waals surface area contributed by atoms with Crippen LogP contribution in [0, 0.1) is 6.92 Å². The van der Waals surface area contributed by atoms with Gasteiger partial charge >= 0.3 is 12.1 Å². The Morgan fingerprint density at radius 2 is 1.92 bits per heavy atom. The Kier molecular flexibility index (Phi) is 5.86. The van der Waals surface area contributed by atoms with Gasteiger partial charge in [-0.1, -0.05) is 0 Å². The van der Waals surface area contributed by atoms with Crippen molar-refractivity contribution in [1.82, 2.24) is 10.3 Å². The van der Waals surface area contributed by atoms with Crippen LogP contribution < -0.4 is 10.1 Å². The molecule has 26 heavy (non-hydrogen) atoms. The van der Waals surface area contributed by atoms with Crippen molar-refractivity contribution in [2.75, 3.05) is 6.61 Å². The number of carbonyl (C=O) groups excluding carboxylic acids is 1. The van der Waals surface area contributed by atoms with Gasteiger partial charge in [0.1, 0.15) is 15.6 Å². The molecule has 0 radical (unpaired) electrons. The van der Waals surface area contributed by atoms with Gasteiger partial charge in [-0.15, -0.1) is 11.3 Å². The van der Waals surface area contributed by atoms with Crippen LogP contribution in [0.2, 0.25) is 0 Å². The minimum atomic E-state index is -4.44. The van der Waals surface area contributed by atoms with E-state index in [0.29, 0.717) is 10.7 Å². The highest BCUT2D eigenvalue weighted by Gasteiger charge is 2.28. The number of rotatable bonds is 6. The van der Waals surface area contributed by atoms with Gasteiger partial charge in [0.05, 0.1) is 11.7 Å². The molecule has 0 saturated carbocycles. The molecule has 0 aliphatic heterocycles. The zero-order valence-electron chi connectivity index (χ0n) is 13.8. The van der Waals surface area contributed by atoms with Crippen molar-refractivity contribution in [3.05, 3.63) is 45.4 Å². The van der Waals surface area contributed by atoms with E-state index in [1.165, 1.54) is 24.3 Å². The van der Waals surface area contributed by atoms with E-state index in [1.54, 1.807) is 13.8 Å². The summed E-state index contributed by atoms with van der Waals surface area (Å²) in [5.41, 5.74) is 0.590. The number of aromatic carboxylic acids is 1. The summed E-state index contributed by atoms with van der Waals surface area (Å²) in [7, 11) is 0. The Labute approximate surface area is 150 Å². The lowest BCUT2D eigenvalue weighted by Crippen LogP contribution is -2.26. The van der Waals surface area contributed by atoms with E-state index in [1.807, 2.05) is 0 Å². The van der Waals surface area contributed by atoms with Crippen molar-refractivity contribution in [2.45, 2.75) is 26.1 Å². The third-order valence-electron chi connectivity index (χ3n) is 3.24. The second kappa shape index (κ2) is 7.73. The summed E-state index contributed by atoms with van der Waals surface area (Å²) in [5.74, 6) is -1.56. The summed E-state index contributed by atoms with van der Waals surface area (Å²) in [5, 5.41) is 12.1. The van der Waals surface area contributed by atoms with Gasteiger partial charge in [0.15, 0.2) is 6.61 Å². The number of hydrogen-bond donors (Lipinski definition) is 2. The van der Waals surface area contributed by atoms with E-state index in [-0.39, 0.29) is 16.2 Å². The third kappa shape index (κ3) is 5.19. The summed E-state index contributed by atoms with van der Waals surface area (Å²) < 4.78 is 40.9. The Bertz CT molecular complexity index is 803. The average Bonchev–Trinajstić information content (AvgIpc) is 2.95. The molecule has 0 saturated heterocycles. The second-order valence-electron chi connectivity index (χ2n) is 5.40. The van der Waals surface area contributed by atoms with Crippen LogP contribution in [-0.2, 0) is 0 Å². The molecule has 2 N–H and O–H groups in total. The van der Waals surface area contributed by atoms with Crippen LogP contribution in [0.25, 0.3) is 0 Å². The van der Waals surface area contributed by atoms with Gasteiger partial charge in [0.25, 0.3) is 5.91 Å². The first-order chi connectivity index (χ1) is 12.1. The molecule has 0 spiro atoms. The number of nitrogens with one attached hydrogen (secondary N) is 1. The Morgan fingerprint density at radius 3 is 2.42 bits per heavy atom. The van der Waals surface area contributed by atoms with Crippen molar-refractivity contribution in [2.24, 2.45) is 0 Å². The van der Waals surface area contributed by atoms with E-state index in [2.05, 4.69) is 15.0 Å². The average molecular weight is 388 g/mol. The highest BCUT2D eigenvalue weighted by atomic mass is 32.1. The van der Waals surface area contributed by atoms with Gasteiger partial charge in [-0.25, -0.2) is 9.78 Å². The number of ether oxygens (including phenoxy) is 1. The number of carboxylic acid groups (broad SMARTS) is 1. The zero-order valence-corrected chi connectivity index (χ0v) is 14.6. The molecule has 2 rings (SSSR count). The smallest absolute Gasteiger partial charge is 0.422 e. The number of aromatic nitrogens is 1. The molecular weight excluding hydrogens is 373 g/mol. The maximum atomic E-state index is 12.2. The van der Waals surface area contributed by atoms with Crippen molar-refractivity contribution < 1.29 is 32.6 Å². The summed E-state index contributed by atoms with van der Waals surface area (Å²) >= 11 is 0.972. The molecule has 0 bridgehead atoms. The first-order valence-electron chi connectivity index (χ1n) is 7.38. The van der Waals surface area contributed by atoms with E-state index in [0.717, 1.165) is 11.3 Å². The van der Waals surface area contributed by atoms with Crippen LogP contribution >= 0.6 is 11.3 Å². The van der Waals surface area contributed by atoms with Gasteiger partial charge in [-0.3, -0.25) is 4.79 Å². The van der Waals surface area contributed by atoms with Crippen LogP contribution in [0.4, 0.5) is 13.2 Å². The van der Waals surface area contributed by atoms with Crippen LogP contribution in [0.1, 0.15) is 43.7 Å². The lowest BCUT2D eigenvalue weighted by atomic mass is 10.2. The van der Waals surface area contributed by atoms with E-state index < -0.39 is 30.7 Å². The molecule has 1 atom stereocenters. The Balaban J connectivity index is 2.00. The number of benzene rings is 1.